The minimum absolute atomic E-state index is 0.0999. The van der Waals surface area contributed by atoms with Gasteiger partial charge in [0.2, 0.25) is 0 Å². The molecule has 0 aliphatic heterocycles. The molecule has 190 valence electrons. The molecule has 0 amide bonds. The molecule has 0 saturated carbocycles. The van der Waals surface area contributed by atoms with E-state index in [1.54, 1.807) is 26.0 Å². The summed E-state index contributed by atoms with van der Waals surface area (Å²) in [6, 6.07) is 3.31. The second kappa shape index (κ2) is 15.4. The van der Waals surface area contributed by atoms with Gasteiger partial charge in [0.15, 0.2) is 12.6 Å². The van der Waals surface area contributed by atoms with Crippen molar-refractivity contribution < 1.29 is 43.3 Å². The van der Waals surface area contributed by atoms with Crippen LogP contribution < -0.4 is 9.47 Å². The number of aromatic hydroxyl groups is 1. The molecule has 9 nitrogen and oxygen atoms in total. The fourth-order valence-corrected chi connectivity index (χ4v) is 4.26. The van der Waals surface area contributed by atoms with Crippen LogP contribution in [0.1, 0.15) is 58.2 Å². The molecule has 0 aliphatic carbocycles. The van der Waals surface area contributed by atoms with Crippen LogP contribution in [0, 0.1) is 27.9 Å². The van der Waals surface area contributed by atoms with Crippen molar-refractivity contribution in [1.82, 2.24) is 0 Å². The summed E-state index contributed by atoms with van der Waals surface area (Å²) in [5.41, 5.74) is 3.16. The molecule has 0 unspecified atom stereocenters. The Balaban J connectivity index is 0.000000537. The van der Waals surface area contributed by atoms with Gasteiger partial charge in [0.1, 0.15) is 17.2 Å². The van der Waals surface area contributed by atoms with Gasteiger partial charge in [0.05, 0.1) is 21.8 Å². The van der Waals surface area contributed by atoms with Gasteiger partial charge in [-0.2, -0.15) is 0 Å². The molecular formula is C24H26I2O9. The largest absolute Gasteiger partial charge is 0.507 e. The summed E-state index contributed by atoms with van der Waals surface area (Å²) in [5, 5.41) is 9.47. The number of benzene rings is 2. The summed E-state index contributed by atoms with van der Waals surface area (Å²) in [4.78, 5) is 51.9. The zero-order valence-electron chi connectivity index (χ0n) is 20.3. The van der Waals surface area contributed by atoms with Crippen LogP contribution in [0.4, 0.5) is 0 Å². The summed E-state index contributed by atoms with van der Waals surface area (Å²) >= 11 is 4.21. The van der Waals surface area contributed by atoms with E-state index in [2.05, 4.69) is 49.9 Å². The molecule has 0 spiro atoms. The topological polar surface area (TPSA) is 133 Å². The van der Waals surface area contributed by atoms with Crippen molar-refractivity contribution in [3.05, 3.63) is 47.1 Å². The molecule has 11 heteroatoms. The Bertz CT molecular complexity index is 1110. The first-order chi connectivity index (χ1) is 16.2. The van der Waals surface area contributed by atoms with Crippen LogP contribution in [0.3, 0.4) is 0 Å². The van der Waals surface area contributed by atoms with Crippen molar-refractivity contribution in [3.8, 4) is 17.2 Å². The second-order valence-electron chi connectivity index (χ2n) is 6.90. The smallest absolute Gasteiger partial charge is 0.310 e. The minimum Gasteiger partial charge on any atom is -0.507 e. The van der Waals surface area contributed by atoms with E-state index in [1.165, 1.54) is 27.9 Å². The maximum atomic E-state index is 10.9. The van der Waals surface area contributed by atoms with Crippen LogP contribution in [0.2, 0.25) is 0 Å². The predicted octanol–water partition coefficient (Wildman–Crippen LogP) is 4.87. The van der Waals surface area contributed by atoms with Crippen molar-refractivity contribution in [2.45, 2.75) is 41.5 Å². The SMILES string of the molecule is CC(=O)OC(C)=O.COc1c(I)cc(C=O)c(OC(C)=O)c1C.Cc1c(I)cc(C=O)c(O)c1C. The van der Waals surface area contributed by atoms with Crippen molar-refractivity contribution in [2.24, 2.45) is 0 Å². The highest BCUT2D eigenvalue weighted by Gasteiger charge is 2.17. The van der Waals surface area contributed by atoms with Crippen LogP contribution >= 0.6 is 45.2 Å². The first-order valence-corrected chi connectivity index (χ1v) is 12.0. The van der Waals surface area contributed by atoms with Crippen molar-refractivity contribution in [3.63, 3.8) is 0 Å². The molecule has 0 heterocycles. The van der Waals surface area contributed by atoms with Gasteiger partial charge in [-0.3, -0.25) is 24.0 Å². The number of ether oxygens (including phenoxy) is 3. The number of hydrogen-bond donors (Lipinski definition) is 1. The van der Waals surface area contributed by atoms with E-state index in [4.69, 9.17) is 9.47 Å². The van der Waals surface area contributed by atoms with E-state index in [9.17, 15) is 29.1 Å². The highest BCUT2D eigenvalue weighted by atomic mass is 127. The zero-order valence-corrected chi connectivity index (χ0v) is 24.6. The third kappa shape index (κ3) is 10.3. The van der Waals surface area contributed by atoms with Crippen LogP contribution in [0.15, 0.2) is 12.1 Å². The number of rotatable bonds is 4. The molecule has 2 aromatic rings. The van der Waals surface area contributed by atoms with Gasteiger partial charge in [-0.1, -0.05) is 0 Å². The van der Waals surface area contributed by atoms with Crippen LogP contribution in [0.25, 0.3) is 0 Å². The van der Waals surface area contributed by atoms with Gasteiger partial charge in [-0.05, 0) is 89.2 Å². The number of phenolic OH excluding ortho intramolecular Hbond substituents is 1. The number of halogens is 2. The van der Waals surface area contributed by atoms with Gasteiger partial charge in [-0.25, -0.2) is 0 Å². The van der Waals surface area contributed by atoms with Crippen LogP contribution in [-0.4, -0.2) is 42.7 Å². The lowest BCUT2D eigenvalue weighted by Crippen LogP contribution is -2.07. The molecule has 2 aromatic carbocycles. The lowest BCUT2D eigenvalue weighted by molar-refractivity contribution is -0.156. The number of carbonyl (C=O) groups is 5. The molecule has 0 atom stereocenters. The van der Waals surface area contributed by atoms with E-state index < -0.39 is 17.9 Å². The molecule has 0 aliphatic rings. The summed E-state index contributed by atoms with van der Waals surface area (Å²) in [6.07, 6.45) is 1.33. The average Bonchev–Trinajstić information content (AvgIpc) is 2.76. The highest BCUT2D eigenvalue weighted by molar-refractivity contribution is 14.1. The first kappa shape index (κ1) is 32.5. The van der Waals surface area contributed by atoms with Gasteiger partial charge < -0.3 is 19.3 Å². The Kier molecular flexibility index (Phi) is 14.3. The molecule has 0 aromatic heterocycles. The molecule has 35 heavy (non-hydrogen) atoms. The number of methoxy groups -OCH3 is 1. The van der Waals surface area contributed by atoms with E-state index in [1.807, 2.05) is 6.92 Å². The maximum absolute atomic E-state index is 10.9. The molecular weight excluding hydrogens is 686 g/mol. The zero-order chi connectivity index (χ0) is 27.5. The van der Waals surface area contributed by atoms with Gasteiger partial charge >= 0.3 is 17.9 Å². The van der Waals surface area contributed by atoms with E-state index >= 15 is 0 Å². The Morgan fingerprint density at radius 1 is 0.771 bits per heavy atom. The molecule has 0 radical (unpaired) electrons. The van der Waals surface area contributed by atoms with Crippen LogP contribution in [-0.2, 0) is 19.1 Å². The molecule has 0 bridgehead atoms. The van der Waals surface area contributed by atoms with E-state index in [0.29, 0.717) is 35.0 Å². The molecule has 2 rings (SSSR count). The quantitative estimate of drug-likeness (QED) is 0.155. The fourth-order valence-electron chi connectivity index (χ4n) is 2.56. The Labute approximate surface area is 230 Å². The Morgan fingerprint density at radius 3 is 1.63 bits per heavy atom. The van der Waals surface area contributed by atoms with Crippen LogP contribution in [0.5, 0.6) is 17.2 Å². The summed E-state index contributed by atoms with van der Waals surface area (Å²) in [6.45, 7) is 9.12. The molecule has 0 fully saturated rings. The second-order valence-corrected chi connectivity index (χ2v) is 9.22. The average molecular weight is 712 g/mol. The molecule has 1 N–H and O–H groups in total. The lowest BCUT2D eigenvalue weighted by atomic mass is 10.1. The number of esters is 3. The predicted molar refractivity (Wildman–Crippen MR) is 145 cm³/mol. The number of hydrogen-bond acceptors (Lipinski definition) is 9. The summed E-state index contributed by atoms with van der Waals surface area (Å²) < 4.78 is 16.0. The minimum atomic E-state index is -0.562. The van der Waals surface area contributed by atoms with E-state index in [-0.39, 0.29) is 11.5 Å². The van der Waals surface area contributed by atoms with Gasteiger partial charge in [0.25, 0.3) is 0 Å². The molecule has 0 saturated heterocycles. The van der Waals surface area contributed by atoms with Gasteiger partial charge in [0, 0.05) is 29.9 Å². The first-order valence-electron chi connectivity index (χ1n) is 9.85. The van der Waals surface area contributed by atoms with Crippen molar-refractivity contribution in [1.29, 1.82) is 0 Å². The third-order valence-corrected chi connectivity index (χ3v) is 6.19. The lowest BCUT2D eigenvalue weighted by Gasteiger charge is -2.13. The van der Waals surface area contributed by atoms with Crippen molar-refractivity contribution >= 4 is 75.7 Å². The number of aldehydes is 2. The monoisotopic (exact) mass is 712 g/mol. The maximum Gasteiger partial charge on any atom is 0.310 e. The Morgan fingerprint density at radius 2 is 1.26 bits per heavy atom. The standard InChI is InChI=1S/C11H11IO4.C9H9IO2.C4H6O3/c1-6-10(16-7(2)14)8(5-13)4-9(12)11(6)15-3;1-5-6(2)9(12)7(4-11)3-8(5)10;1-3(5)7-4(2)6/h4-5H,1-3H3;3-4,12H,1-2H3;1-2H3. The normalized spacial score (nSPS) is 9.40. The summed E-state index contributed by atoms with van der Waals surface area (Å²) in [5.74, 6) is -0.611. The Hall–Kier alpha value is -2.55. The number of carbonyl (C=O) groups excluding carboxylic acids is 5. The highest BCUT2D eigenvalue weighted by Crippen LogP contribution is 2.35. The fraction of sp³-hybridized carbons (Fsp3) is 0.292. The summed E-state index contributed by atoms with van der Waals surface area (Å²) in [7, 11) is 1.53. The van der Waals surface area contributed by atoms with E-state index in [0.717, 1.165) is 18.3 Å². The van der Waals surface area contributed by atoms with Gasteiger partial charge in [-0.15, -0.1) is 0 Å². The number of phenols is 1. The van der Waals surface area contributed by atoms with Crippen molar-refractivity contribution in [2.75, 3.05) is 7.11 Å². The third-order valence-electron chi connectivity index (χ3n) is 4.27.